The van der Waals surface area contributed by atoms with Crippen LogP contribution in [0.25, 0.3) is 0 Å². The molecule has 1 heterocycles. The molecule has 0 bridgehead atoms. The Hall–Kier alpha value is -1.14. The van der Waals surface area contributed by atoms with Gasteiger partial charge in [0.15, 0.2) is 0 Å². The molecule has 0 aliphatic heterocycles. The number of hydrogen-bond acceptors (Lipinski definition) is 6. The summed E-state index contributed by atoms with van der Waals surface area (Å²) in [4.78, 5) is 0. The van der Waals surface area contributed by atoms with E-state index in [1.165, 1.54) is 0 Å². The lowest BCUT2D eigenvalue weighted by Gasteiger charge is -2.04. The van der Waals surface area contributed by atoms with Gasteiger partial charge < -0.3 is 19.8 Å². The average molecular weight is 282 g/mol. The third kappa shape index (κ3) is 2.96. The fraction of sp³-hybridized carbons (Fsp3) is 0.857. The van der Waals surface area contributed by atoms with Crippen LogP contribution in [0.5, 0.6) is 0 Å². The van der Waals surface area contributed by atoms with Gasteiger partial charge in [0.2, 0.25) is 5.89 Å². The van der Waals surface area contributed by atoms with Crippen LogP contribution in [0.3, 0.4) is 0 Å². The quantitative estimate of drug-likeness (QED) is 0.710. The van der Waals surface area contributed by atoms with Crippen molar-refractivity contribution >= 4 is 6.01 Å². The Kier molecular flexibility index (Phi) is 4.34. The first-order valence-electron chi connectivity index (χ1n) is 7.15. The highest BCUT2D eigenvalue weighted by Gasteiger charge is 2.64. The number of ether oxygens (including phenoxy) is 1. The summed E-state index contributed by atoms with van der Waals surface area (Å²) in [5, 5.41) is 14.4. The number of anilines is 1. The van der Waals surface area contributed by atoms with E-state index in [0.717, 1.165) is 13.1 Å². The molecule has 0 atom stereocenters. The van der Waals surface area contributed by atoms with Crippen molar-refractivity contribution in [2.75, 3.05) is 32.1 Å². The number of rotatable bonds is 8. The van der Waals surface area contributed by atoms with Crippen LogP contribution in [0.15, 0.2) is 4.42 Å². The van der Waals surface area contributed by atoms with Crippen molar-refractivity contribution in [1.82, 2.24) is 15.5 Å². The van der Waals surface area contributed by atoms with Crippen LogP contribution >= 0.6 is 0 Å². The SMILES string of the molecule is COCCNCc1nnc(NCC2C(C)(C)C2(C)C)o1. The van der Waals surface area contributed by atoms with Gasteiger partial charge in [0.1, 0.15) is 0 Å². The predicted octanol–water partition coefficient (Wildman–Crippen LogP) is 1.90. The van der Waals surface area contributed by atoms with Gasteiger partial charge in [-0.25, -0.2) is 0 Å². The zero-order chi connectivity index (χ0) is 14.8. The summed E-state index contributed by atoms with van der Waals surface area (Å²) in [6.07, 6.45) is 0. The summed E-state index contributed by atoms with van der Waals surface area (Å²) >= 11 is 0. The summed E-state index contributed by atoms with van der Waals surface area (Å²) < 4.78 is 10.5. The van der Waals surface area contributed by atoms with E-state index in [0.29, 0.717) is 41.8 Å². The molecule has 6 nitrogen and oxygen atoms in total. The number of hydrogen-bond donors (Lipinski definition) is 2. The minimum Gasteiger partial charge on any atom is -0.407 e. The minimum atomic E-state index is 0.366. The molecule has 20 heavy (non-hydrogen) atoms. The van der Waals surface area contributed by atoms with Crippen molar-refractivity contribution in [1.29, 1.82) is 0 Å². The van der Waals surface area contributed by atoms with Gasteiger partial charge in [-0.1, -0.05) is 32.8 Å². The van der Waals surface area contributed by atoms with E-state index < -0.39 is 0 Å². The average Bonchev–Trinajstić information content (AvgIpc) is 2.73. The Morgan fingerprint density at radius 3 is 2.50 bits per heavy atom. The lowest BCUT2D eigenvalue weighted by atomic mass is 10.0. The molecule has 1 saturated carbocycles. The van der Waals surface area contributed by atoms with E-state index in [2.05, 4.69) is 48.5 Å². The van der Waals surface area contributed by atoms with Crippen LogP contribution in [-0.4, -0.2) is 37.0 Å². The molecule has 1 aromatic heterocycles. The van der Waals surface area contributed by atoms with Gasteiger partial charge in [0, 0.05) is 20.2 Å². The maximum Gasteiger partial charge on any atom is 0.315 e. The smallest absolute Gasteiger partial charge is 0.315 e. The Labute approximate surface area is 120 Å². The fourth-order valence-corrected chi connectivity index (χ4v) is 2.80. The first-order valence-corrected chi connectivity index (χ1v) is 7.15. The number of nitrogens with one attached hydrogen (secondary N) is 2. The Morgan fingerprint density at radius 1 is 1.20 bits per heavy atom. The van der Waals surface area contributed by atoms with Crippen LogP contribution in [0.2, 0.25) is 0 Å². The number of nitrogens with zero attached hydrogens (tertiary/aromatic N) is 2. The third-order valence-corrected chi connectivity index (χ3v) is 5.00. The van der Waals surface area contributed by atoms with Crippen LogP contribution < -0.4 is 10.6 Å². The van der Waals surface area contributed by atoms with E-state index in [1.54, 1.807) is 7.11 Å². The second-order valence-corrected chi connectivity index (χ2v) is 6.55. The molecular formula is C14H26N4O2. The highest BCUT2D eigenvalue weighted by atomic mass is 16.5. The molecule has 114 valence electrons. The van der Waals surface area contributed by atoms with Crippen molar-refractivity contribution in [3.63, 3.8) is 0 Å². The van der Waals surface area contributed by atoms with Crippen molar-refractivity contribution in [3.8, 4) is 0 Å². The van der Waals surface area contributed by atoms with Gasteiger partial charge in [0.25, 0.3) is 0 Å². The third-order valence-electron chi connectivity index (χ3n) is 5.00. The first-order chi connectivity index (χ1) is 9.39. The molecule has 2 rings (SSSR count). The molecular weight excluding hydrogens is 256 g/mol. The van der Waals surface area contributed by atoms with E-state index in [-0.39, 0.29) is 0 Å². The molecule has 0 unspecified atom stereocenters. The number of methoxy groups -OCH3 is 1. The van der Waals surface area contributed by atoms with E-state index in [1.807, 2.05) is 0 Å². The highest BCUT2D eigenvalue weighted by Crippen LogP contribution is 2.68. The summed E-state index contributed by atoms with van der Waals surface area (Å²) in [7, 11) is 1.68. The van der Waals surface area contributed by atoms with E-state index in [9.17, 15) is 0 Å². The molecule has 0 aromatic carbocycles. The molecule has 0 spiro atoms. The van der Waals surface area contributed by atoms with Gasteiger partial charge >= 0.3 is 6.01 Å². The summed E-state index contributed by atoms with van der Waals surface area (Å²) in [6, 6.07) is 0.507. The van der Waals surface area contributed by atoms with Crippen molar-refractivity contribution in [3.05, 3.63) is 5.89 Å². The van der Waals surface area contributed by atoms with Crippen LogP contribution in [-0.2, 0) is 11.3 Å². The standard InChI is InChI=1S/C14H26N4O2/c1-13(2)10(14(13,3)4)8-16-12-18-17-11(20-12)9-15-6-7-19-5/h10,15H,6-9H2,1-5H3,(H,16,18). The van der Waals surface area contributed by atoms with Crippen LogP contribution in [0.4, 0.5) is 6.01 Å². The van der Waals surface area contributed by atoms with Gasteiger partial charge in [-0.3, -0.25) is 0 Å². The van der Waals surface area contributed by atoms with Gasteiger partial charge in [-0.05, 0) is 16.7 Å². The predicted molar refractivity (Wildman–Crippen MR) is 77.4 cm³/mol. The fourth-order valence-electron chi connectivity index (χ4n) is 2.80. The monoisotopic (exact) mass is 282 g/mol. The maximum atomic E-state index is 5.54. The molecule has 0 saturated heterocycles. The lowest BCUT2D eigenvalue weighted by molar-refractivity contribution is 0.198. The Balaban J connectivity index is 1.74. The largest absolute Gasteiger partial charge is 0.407 e. The van der Waals surface area contributed by atoms with Crippen molar-refractivity contribution in [2.24, 2.45) is 16.7 Å². The Morgan fingerprint density at radius 2 is 1.90 bits per heavy atom. The molecule has 1 aliphatic rings. The molecule has 1 fully saturated rings. The number of aromatic nitrogens is 2. The second kappa shape index (κ2) is 5.69. The summed E-state index contributed by atoms with van der Waals surface area (Å²) in [5.74, 6) is 1.23. The van der Waals surface area contributed by atoms with Crippen molar-refractivity contribution < 1.29 is 9.15 Å². The van der Waals surface area contributed by atoms with Crippen molar-refractivity contribution in [2.45, 2.75) is 34.2 Å². The molecule has 0 amide bonds. The normalized spacial score (nSPS) is 20.1. The molecule has 6 heteroatoms. The minimum absolute atomic E-state index is 0.366. The van der Waals surface area contributed by atoms with Crippen LogP contribution in [0.1, 0.15) is 33.6 Å². The molecule has 1 aliphatic carbocycles. The topological polar surface area (TPSA) is 72.2 Å². The van der Waals surface area contributed by atoms with E-state index in [4.69, 9.17) is 9.15 Å². The van der Waals surface area contributed by atoms with Crippen LogP contribution in [0, 0.1) is 16.7 Å². The zero-order valence-electron chi connectivity index (χ0n) is 13.1. The maximum absolute atomic E-state index is 5.54. The molecule has 0 radical (unpaired) electrons. The zero-order valence-corrected chi connectivity index (χ0v) is 13.1. The van der Waals surface area contributed by atoms with E-state index >= 15 is 0 Å². The van der Waals surface area contributed by atoms with Gasteiger partial charge in [-0.2, -0.15) is 0 Å². The lowest BCUT2D eigenvalue weighted by Crippen LogP contribution is -2.18. The summed E-state index contributed by atoms with van der Waals surface area (Å²) in [5.41, 5.74) is 0.731. The highest BCUT2D eigenvalue weighted by molar-refractivity contribution is 5.22. The second-order valence-electron chi connectivity index (χ2n) is 6.55. The Bertz CT molecular complexity index is 428. The van der Waals surface area contributed by atoms with Gasteiger partial charge in [-0.15, -0.1) is 5.10 Å². The molecule has 1 aromatic rings. The first kappa shape index (κ1) is 15.3. The summed E-state index contributed by atoms with van der Waals surface area (Å²) in [6.45, 7) is 12.1. The molecule has 2 N–H and O–H groups in total. The van der Waals surface area contributed by atoms with Gasteiger partial charge in [0.05, 0.1) is 13.2 Å².